The van der Waals surface area contributed by atoms with E-state index in [2.05, 4.69) is 30.6 Å². The van der Waals surface area contributed by atoms with Gasteiger partial charge in [0.25, 0.3) is 0 Å². The Morgan fingerprint density at radius 1 is 1.15 bits per heavy atom. The number of hydrogen-bond acceptors (Lipinski definition) is 9. The molecule has 1 aliphatic heterocycles. The molecule has 5 rings (SSSR count). The van der Waals surface area contributed by atoms with E-state index < -0.39 is 11.7 Å². The molecule has 4 heterocycles. The molecular weight excluding hydrogens is 529 g/mol. The fourth-order valence-electron chi connectivity index (χ4n) is 4.30. The third kappa shape index (κ3) is 6.91. The van der Waals surface area contributed by atoms with Crippen LogP contribution in [0.25, 0.3) is 22.6 Å². The molecule has 1 aliphatic rings. The summed E-state index contributed by atoms with van der Waals surface area (Å²) in [7, 11) is 1.62. The summed E-state index contributed by atoms with van der Waals surface area (Å²) in [6.07, 6.45) is 5.01. The molecule has 0 radical (unpaired) electrons. The first-order valence-corrected chi connectivity index (χ1v) is 13.3. The van der Waals surface area contributed by atoms with Gasteiger partial charge < -0.3 is 29.8 Å². The van der Waals surface area contributed by atoms with Crippen LogP contribution < -0.4 is 10.6 Å². The van der Waals surface area contributed by atoms with Gasteiger partial charge in [-0.2, -0.15) is 0 Å². The van der Waals surface area contributed by atoms with Crippen LogP contribution in [0.5, 0.6) is 0 Å². The van der Waals surface area contributed by atoms with Crippen LogP contribution in [0.3, 0.4) is 0 Å². The molecule has 0 spiro atoms. The van der Waals surface area contributed by atoms with Crippen molar-refractivity contribution in [3.63, 3.8) is 0 Å². The van der Waals surface area contributed by atoms with Crippen molar-refractivity contribution >= 4 is 11.9 Å². The second-order valence-electron chi connectivity index (χ2n) is 9.95. The van der Waals surface area contributed by atoms with Gasteiger partial charge in [0.1, 0.15) is 5.82 Å². The van der Waals surface area contributed by atoms with E-state index in [1.54, 1.807) is 50.8 Å². The zero-order valence-electron chi connectivity index (χ0n) is 22.9. The highest BCUT2D eigenvalue weighted by atomic mass is 19.1. The first-order chi connectivity index (χ1) is 19.9. The number of carbonyl (C=O) groups excluding carboxylic acids is 1. The first-order valence-electron chi connectivity index (χ1n) is 13.3. The fraction of sp³-hybridized carbons (Fsp3) is 0.345. The van der Waals surface area contributed by atoms with Gasteiger partial charge in [0.2, 0.25) is 18.1 Å². The Hall–Kier alpha value is -4.26. The number of amides is 1. The number of nitrogens with zero attached hydrogens (tertiary/aromatic N) is 4. The molecule has 1 fully saturated rings. The summed E-state index contributed by atoms with van der Waals surface area (Å²) < 4.78 is 30.7. The molecule has 0 bridgehead atoms. The van der Waals surface area contributed by atoms with Crippen LogP contribution in [-0.4, -0.2) is 64.3 Å². The summed E-state index contributed by atoms with van der Waals surface area (Å²) in [5.74, 6) is 0.329. The zero-order chi connectivity index (χ0) is 28.7. The molecule has 0 saturated carbocycles. The van der Waals surface area contributed by atoms with Crippen molar-refractivity contribution in [2.24, 2.45) is 5.41 Å². The van der Waals surface area contributed by atoms with E-state index in [0.717, 1.165) is 5.56 Å². The number of ether oxygens (including phenoxy) is 3. The lowest BCUT2D eigenvalue weighted by Gasteiger charge is -2.35. The van der Waals surface area contributed by atoms with E-state index in [4.69, 9.17) is 19.2 Å². The maximum absolute atomic E-state index is 13.7. The number of imidazole rings is 1. The van der Waals surface area contributed by atoms with Crippen molar-refractivity contribution in [3.05, 3.63) is 78.3 Å². The number of methoxy groups -OCH3 is 1. The summed E-state index contributed by atoms with van der Waals surface area (Å²) in [5.41, 5.74) is 2.54. The minimum atomic E-state index is -0.847. The highest BCUT2D eigenvalue weighted by Gasteiger charge is 2.40. The lowest BCUT2D eigenvalue weighted by Crippen LogP contribution is -2.48. The number of halogens is 1. The van der Waals surface area contributed by atoms with E-state index in [-0.39, 0.29) is 24.9 Å². The molecule has 4 aromatic rings. The van der Waals surface area contributed by atoms with Gasteiger partial charge in [0.15, 0.2) is 5.82 Å². The summed E-state index contributed by atoms with van der Waals surface area (Å²) >= 11 is 0. The molecule has 3 N–H and O–H groups in total. The van der Waals surface area contributed by atoms with Gasteiger partial charge in [-0.3, -0.25) is 9.78 Å². The molecule has 0 atom stereocenters. The molecule has 11 nitrogen and oxygen atoms in total. The largest absolute Gasteiger partial charge is 0.385 e. The first kappa shape index (κ1) is 28.3. The second-order valence-corrected chi connectivity index (χ2v) is 9.95. The number of nitrogens with one attached hydrogen (secondary N) is 3. The van der Waals surface area contributed by atoms with Gasteiger partial charge in [-0.15, -0.1) is 0 Å². The number of aromatic amines is 1. The van der Waals surface area contributed by atoms with Crippen LogP contribution in [0.4, 0.5) is 10.3 Å². The van der Waals surface area contributed by atoms with Crippen molar-refractivity contribution in [3.8, 4) is 22.6 Å². The molecule has 3 aromatic heterocycles. The molecule has 1 aromatic carbocycles. The van der Waals surface area contributed by atoms with Gasteiger partial charge >= 0.3 is 0 Å². The Morgan fingerprint density at radius 3 is 2.68 bits per heavy atom. The third-order valence-electron chi connectivity index (χ3n) is 6.61. The van der Waals surface area contributed by atoms with Crippen LogP contribution in [0.1, 0.15) is 31.0 Å². The Labute approximate surface area is 236 Å². The summed E-state index contributed by atoms with van der Waals surface area (Å²) in [6.45, 7) is 3.66. The maximum atomic E-state index is 13.7. The van der Waals surface area contributed by atoms with Gasteiger partial charge in [-0.25, -0.2) is 19.3 Å². The molecular formula is C29H32FN7O4. The Bertz CT molecular complexity index is 1440. The molecule has 0 aliphatic carbocycles. The maximum Gasteiger partial charge on any atom is 0.230 e. The number of hydrogen-bond donors (Lipinski definition) is 3. The molecule has 41 heavy (non-hydrogen) atoms. The van der Waals surface area contributed by atoms with E-state index >= 15 is 0 Å². The highest BCUT2D eigenvalue weighted by Crippen LogP contribution is 2.35. The minimum absolute atomic E-state index is 0.144. The Morgan fingerprint density at radius 2 is 1.95 bits per heavy atom. The average Bonchev–Trinajstić information content (AvgIpc) is 3.45. The number of H-pyrrole nitrogens is 1. The SMILES string of the molecule is COCCCNC(=O)C1(C)COC(c2nc(-c3ccc(F)cc3)c(-c3ccnc(NCc4cccnc4)n3)[nH]2)OC1. The van der Waals surface area contributed by atoms with Crippen molar-refractivity contribution in [1.29, 1.82) is 0 Å². The Balaban J connectivity index is 1.36. The van der Waals surface area contributed by atoms with Gasteiger partial charge in [0, 0.05) is 51.0 Å². The van der Waals surface area contributed by atoms with Crippen LogP contribution in [-0.2, 0) is 25.5 Å². The standard InChI is InChI=1S/C29H32FN7O4/c1-29(27(38)32-12-4-14-39-2)17-40-26(41-18-29)25-36-23(20-6-8-21(30)9-7-20)24(37-25)22-10-13-33-28(35-22)34-16-19-5-3-11-31-15-19/h3,5-11,13,15,26H,4,12,14,16-18H2,1-2H3,(H,32,38)(H,36,37)(H,33,34,35). The monoisotopic (exact) mass is 561 g/mol. The summed E-state index contributed by atoms with van der Waals surface area (Å²) in [5, 5.41) is 6.12. The molecule has 1 amide bonds. The zero-order valence-corrected chi connectivity index (χ0v) is 22.9. The average molecular weight is 562 g/mol. The fourth-order valence-corrected chi connectivity index (χ4v) is 4.30. The van der Waals surface area contributed by atoms with Crippen LogP contribution in [0.15, 0.2) is 61.1 Å². The number of benzene rings is 1. The van der Waals surface area contributed by atoms with Gasteiger partial charge in [-0.05, 0) is 55.3 Å². The number of pyridine rings is 1. The highest BCUT2D eigenvalue weighted by molar-refractivity contribution is 5.82. The third-order valence-corrected chi connectivity index (χ3v) is 6.61. The second kappa shape index (κ2) is 12.9. The number of rotatable bonds is 11. The molecule has 1 saturated heterocycles. The van der Waals surface area contributed by atoms with E-state index in [0.29, 0.717) is 60.5 Å². The minimum Gasteiger partial charge on any atom is -0.385 e. The van der Waals surface area contributed by atoms with Crippen molar-refractivity contribution in [2.75, 3.05) is 38.8 Å². The topological polar surface area (TPSA) is 136 Å². The summed E-state index contributed by atoms with van der Waals surface area (Å²) in [6, 6.07) is 11.6. The van der Waals surface area contributed by atoms with Crippen molar-refractivity contribution in [1.82, 2.24) is 30.2 Å². The lowest BCUT2D eigenvalue weighted by molar-refractivity contribution is -0.231. The van der Waals surface area contributed by atoms with Crippen LogP contribution in [0, 0.1) is 11.2 Å². The Kier molecular flexibility index (Phi) is 8.92. The molecule has 12 heteroatoms. The van der Waals surface area contributed by atoms with E-state index in [9.17, 15) is 9.18 Å². The van der Waals surface area contributed by atoms with Gasteiger partial charge in [-0.1, -0.05) is 6.07 Å². The van der Waals surface area contributed by atoms with Crippen LogP contribution >= 0.6 is 0 Å². The quantitative estimate of drug-likeness (QED) is 0.233. The van der Waals surface area contributed by atoms with Crippen molar-refractivity contribution in [2.45, 2.75) is 26.2 Å². The van der Waals surface area contributed by atoms with Gasteiger partial charge in [0.05, 0.1) is 35.7 Å². The molecule has 0 unspecified atom stereocenters. The van der Waals surface area contributed by atoms with E-state index in [1.807, 2.05) is 12.1 Å². The lowest BCUT2D eigenvalue weighted by atomic mass is 9.91. The van der Waals surface area contributed by atoms with Crippen molar-refractivity contribution < 1.29 is 23.4 Å². The number of aromatic nitrogens is 5. The smallest absolute Gasteiger partial charge is 0.230 e. The summed E-state index contributed by atoms with van der Waals surface area (Å²) in [4.78, 5) is 34.0. The normalized spacial score (nSPS) is 18.7. The number of anilines is 1. The number of carbonyl (C=O) groups is 1. The molecule has 214 valence electrons. The van der Waals surface area contributed by atoms with Crippen LogP contribution in [0.2, 0.25) is 0 Å². The van der Waals surface area contributed by atoms with E-state index in [1.165, 1.54) is 12.1 Å². The predicted octanol–water partition coefficient (Wildman–Crippen LogP) is 3.88. The predicted molar refractivity (Wildman–Crippen MR) is 149 cm³/mol.